The van der Waals surface area contributed by atoms with Crippen LogP contribution in [0.1, 0.15) is 24.4 Å². The Morgan fingerprint density at radius 1 is 1.21 bits per heavy atom. The smallest absolute Gasteiger partial charge is 0.0476 e. The van der Waals surface area contributed by atoms with E-state index in [2.05, 4.69) is 52.5 Å². The zero-order chi connectivity index (χ0) is 13.1. The van der Waals surface area contributed by atoms with Gasteiger partial charge in [0.25, 0.3) is 0 Å². The second-order valence-electron chi connectivity index (χ2n) is 5.98. The Hall–Kier alpha value is -0.900. The molecule has 1 aromatic rings. The molecule has 1 unspecified atom stereocenters. The van der Waals surface area contributed by atoms with Gasteiger partial charge in [0.05, 0.1) is 0 Å². The van der Waals surface area contributed by atoms with E-state index in [1.807, 2.05) is 0 Å². The van der Waals surface area contributed by atoms with Crippen molar-refractivity contribution in [2.45, 2.75) is 24.9 Å². The third-order valence-electron chi connectivity index (χ3n) is 4.50. The van der Waals surface area contributed by atoms with E-state index in [4.69, 9.17) is 0 Å². The molecule has 2 fully saturated rings. The van der Waals surface area contributed by atoms with Gasteiger partial charge in [0, 0.05) is 38.3 Å². The fourth-order valence-electron chi connectivity index (χ4n) is 3.36. The van der Waals surface area contributed by atoms with Crippen molar-refractivity contribution in [1.29, 1.82) is 0 Å². The van der Waals surface area contributed by atoms with Crippen molar-refractivity contribution in [2.24, 2.45) is 0 Å². The quantitative estimate of drug-likeness (QED) is 0.892. The molecule has 0 amide bonds. The lowest BCUT2D eigenvalue weighted by Crippen LogP contribution is -2.50. The maximum atomic E-state index is 3.63. The number of rotatable bonds is 3. The molecule has 2 heterocycles. The van der Waals surface area contributed by atoms with Crippen LogP contribution in [0, 0.1) is 0 Å². The van der Waals surface area contributed by atoms with E-state index in [0.717, 1.165) is 6.54 Å². The van der Waals surface area contributed by atoms with Gasteiger partial charge in [0.15, 0.2) is 0 Å². The van der Waals surface area contributed by atoms with Gasteiger partial charge in [0.2, 0.25) is 0 Å². The molecule has 1 N–H and O–H groups in total. The molecule has 104 valence electrons. The van der Waals surface area contributed by atoms with Crippen molar-refractivity contribution in [3.8, 4) is 0 Å². The Morgan fingerprint density at radius 3 is 2.79 bits per heavy atom. The van der Waals surface area contributed by atoms with E-state index in [1.54, 1.807) is 0 Å². The lowest BCUT2D eigenvalue weighted by Gasteiger charge is -2.41. The van der Waals surface area contributed by atoms with Gasteiger partial charge < -0.3 is 10.2 Å². The largest absolute Gasteiger partial charge is 0.313 e. The summed E-state index contributed by atoms with van der Waals surface area (Å²) in [6.07, 6.45) is 2.68. The average Bonchev–Trinajstić information content (AvgIpc) is 2.95. The zero-order valence-corrected chi connectivity index (χ0v) is 11.9. The molecular weight excluding hydrogens is 234 g/mol. The zero-order valence-electron chi connectivity index (χ0n) is 11.9. The van der Waals surface area contributed by atoms with Gasteiger partial charge in [-0.15, -0.1) is 0 Å². The number of hydrogen-bond acceptors (Lipinski definition) is 3. The molecule has 2 aliphatic heterocycles. The fraction of sp³-hybridized carbons (Fsp3) is 0.625. The minimum Gasteiger partial charge on any atom is -0.313 e. The second-order valence-corrected chi connectivity index (χ2v) is 5.98. The third-order valence-corrected chi connectivity index (χ3v) is 4.50. The van der Waals surface area contributed by atoms with E-state index in [0.29, 0.717) is 12.1 Å². The topological polar surface area (TPSA) is 18.5 Å². The van der Waals surface area contributed by atoms with Crippen molar-refractivity contribution in [3.05, 3.63) is 35.9 Å². The number of hydrogen-bond donors (Lipinski definition) is 1. The van der Waals surface area contributed by atoms with Gasteiger partial charge in [-0.25, -0.2) is 0 Å². The van der Waals surface area contributed by atoms with Crippen molar-refractivity contribution in [3.63, 3.8) is 0 Å². The minimum absolute atomic E-state index is 0.558. The maximum Gasteiger partial charge on any atom is 0.0476 e. The lowest BCUT2D eigenvalue weighted by atomic mass is 10.0. The van der Waals surface area contributed by atoms with Gasteiger partial charge >= 0.3 is 0 Å². The van der Waals surface area contributed by atoms with Crippen LogP contribution in [0.4, 0.5) is 0 Å². The minimum atomic E-state index is 0.558. The summed E-state index contributed by atoms with van der Waals surface area (Å²) < 4.78 is 0. The highest BCUT2D eigenvalue weighted by molar-refractivity contribution is 5.20. The number of benzene rings is 1. The first kappa shape index (κ1) is 13.1. The fourth-order valence-corrected chi connectivity index (χ4v) is 3.36. The van der Waals surface area contributed by atoms with Crippen LogP contribution in [0.15, 0.2) is 30.3 Å². The molecule has 0 spiro atoms. The Morgan fingerprint density at radius 2 is 2.05 bits per heavy atom. The van der Waals surface area contributed by atoms with Gasteiger partial charge in [0.1, 0.15) is 0 Å². The standard InChI is InChI=1S/C16H25N3/c1-18-10-11-19(12-15-8-5-9-17-15)16(13-18)14-6-3-2-4-7-14/h2-4,6-7,15-17H,5,8-13H2,1H3/t15-,16?/m0/s1. The van der Waals surface area contributed by atoms with Crippen LogP contribution in [0.5, 0.6) is 0 Å². The Kier molecular flexibility index (Phi) is 4.16. The van der Waals surface area contributed by atoms with E-state index >= 15 is 0 Å². The molecule has 2 atom stereocenters. The van der Waals surface area contributed by atoms with Crippen LogP contribution in [-0.2, 0) is 0 Å². The summed E-state index contributed by atoms with van der Waals surface area (Å²) in [5, 5.41) is 3.63. The predicted octanol–water partition coefficient (Wildman–Crippen LogP) is 1.73. The summed E-state index contributed by atoms with van der Waals surface area (Å²) in [5.74, 6) is 0. The van der Waals surface area contributed by atoms with Crippen molar-refractivity contribution in [1.82, 2.24) is 15.1 Å². The van der Waals surface area contributed by atoms with Crippen LogP contribution in [0.3, 0.4) is 0 Å². The summed E-state index contributed by atoms with van der Waals surface area (Å²) in [5.41, 5.74) is 1.46. The number of nitrogens with one attached hydrogen (secondary N) is 1. The summed E-state index contributed by atoms with van der Waals surface area (Å²) >= 11 is 0. The lowest BCUT2D eigenvalue weighted by molar-refractivity contribution is 0.0824. The number of nitrogens with zero attached hydrogens (tertiary/aromatic N) is 2. The van der Waals surface area contributed by atoms with E-state index in [1.165, 1.54) is 44.6 Å². The molecular formula is C16H25N3. The van der Waals surface area contributed by atoms with Crippen molar-refractivity contribution < 1.29 is 0 Å². The molecule has 2 saturated heterocycles. The molecule has 0 radical (unpaired) electrons. The van der Waals surface area contributed by atoms with Gasteiger partial charge in [-0.3, -0.25) is 4.90 Å². The first-order valence-corrected chi connectivity index (χ1v) is 7.54. The molecule has 0 aliphatic carbocycles. The highest BCUT2D eigenvalue weighted by Gasteiger charge is 2.28. The average molecular weight is 259 g/mol. The second kappa shape index (κ2) is 6.04. The summed E-state index contributed by atoms with van der Waals surface area (Å²) in [7, 11) is 2.24. The van der Waals surface area contributed by atoms with Crippen molar-refractivity contribution >= 4 is 0 Å². The molecule has 19 heavy (non-hydrogen) atoms. The summed E-state index contributed by atoms with van der Waals surface area (Å²) in [6, 6.07) is 12.2. The van der Waals surface area contributed by atoms with Crippen LogP contribution >= 0.6 is 0 Å². The van der Waals surface area contributed by atoms with Gasteiger partial charge in [-0.05, 0) is 32.0 Å². The number of piperazine rings is 1. The molecule has 0 bridgehead atoms. The number of likely N-dealkylation sites (N-methyl/N-ethyl adjacent to an activating group) is 1. The van der Waals surface area contributed by atoms with E-state index in [-0.39, 0.29) is 0 Å². The highest BCUT2D eigenvalue weighted by atomic mass is 15.3. The first-order valence-electron chi connectivity index (χ1n) is 7.54. The summed E-state index contributed by atoms with van der Waals surface area (Å²) in [4.78, 5) is 5.13. The third kappa shape index (κ3) is 3.16. The Labute approximate surface area is 116 Å². The van der Waals surface area contributed by atoms with Crippen LogP contribution in [-0.4, -0.2) is 55.6 Å². The van der Waals surface area contributed by atoms with E-state index < -0.39 is 0 Å². The normalized spacial score (nSPS) is 29.7. The molecule has 1 aromatic carbocycles. The molecule has 3 heteroatoms. The van der Waals surface area contributed by atoms with Crippen LogP contribution in [0.25, 0.3) is 0 Å². The Balaban J connectivity index is 1.72. The van der Waals surface area contributed by atoms with Gasteiger partial charge in [-0.2, -0.15) is 0 Å². The van der Waals surface area contributed by atoms with Crippen LogP contribution < -0.4 is 5.32 Å². The van der Waals surface area contributed by atoms with Crippen LogP contribution in [0.2, 0.25) is 0 Å². The van der Waals surface area contributed by atoms with Gasteiger partial charge in [-0.1, -0.05) is 30.3 Å². The molecule has 2 aliphatic rings. The SMILES string of the molecule is CN1CCN(C[C@@H]2CCCN2)C(c2ccccc2)C1. The maximum absolute atomic E-state index is 3.63. The van der Waals surface area contributed by atoms with Crippen molar-refractivity contribution in [2.75, 3.05) is 39.8 Å². The highest BCUT2D eigenvalue weighted by Crippen LogP contribution is 2.25. The summed E-state index contributed by atoms with van der Waals surface area (Å²) in [6.45, 7) is 5.93. The first-order chi connectivity index (χ1) is 9.33. The van der Waals surface area contributed by atoms with E-state index in [9.17, 15) is 0 Å². The Bertz CT molecular complexity index is 386. The molecule has 0 saturated carbocycles. The predicted molar refractivity (Wildman–Crippen MR) is 79.3 cm³/mol. The molecule has 0 aromatic heterocycles. The molecule has 3 rings (SSSR count). The monoisotopic (exact) mass is 259 g/mol. The molecule has 3 nitrogen and oxygen atoms in total.